The first-order chi connectivity index (χ1) is 9.63. The number of aliphatic hydroxyl groups is 1. The number of benzene rings is 1. The second-order valence-corrected chi connectivity index (χ2v) is 5.86. The van der Waals surface area contributed by atoms with Gasteiger partial charge in [-0.05, 0) is 12.5 Å². The molecular formula is C15H20N2O2S. The van der Waals surface area contributed by atoms with Crippen LogP contribution in [0.4, 0.5) is 5.13 Å². The van der Waals surface area contributed by atoms with E-state index < -0.39 is 0 Å². The number of thiazole rings is 1. The van der Waals surface area contributed by atoms with E-state index in [0.717, 1.165) is 22.2 Å². The summed E-state index contributed by atoms with van der Waals surface area (Å²) in [5.41, 5.74) is 3.33. The van der Waals surface area contributed by atoms with Crippen LogP contribution in [0.5, 0.6) is 0 Å². The molecule has 108 valence electrons. The summed E-state index contributed by atoms with van der Waals surface area (Å²) >= 11 is 1.51. The van der Waals surface area contributed by atoms with Crippen LogP contribution in [0.2, 0.25) is 0 Å². The fourth-order valence-electron chi connectivity index (χ4n) is 1.94. The van der Waals surface area contributed by atoms with E-state index in [4.69, 9.17) is 4.74 Å². The molecule has 20 heavy (non-hydrogen) atoms. The number of hydrogen-bond donors (Lipinski definition) is 1. The number of anilines is 1. The summed E-state index contributed by atoms with van der Waals surface area (Å²) in [5.74, 6) is 0. The van der Waals surface area contributed by atoms with Crippen molar-refractivity contribution in [2.24, 2.45) is 0 Å². The number of aryl methyl sites for hydroxylation is 1. The van der Waals surface area contributed by atoms with E-state index in [1.54, 1.807) is 7.11 Å². The van der Waals surface area contributed by atoms with Crippen molar-refractivity contribution in [2.45, 2.75) is 26.7 Å². The van der Waals surface area contributed by atoms with Gasteiger partial charge in [-0.15, -0.1) is 0 Å². The van der Waals surface area contributed by atoms with Gasteiger partial charge in [0.25, 0.3) is 0 Å². The van der Waals surface area contributed by atoms with Crippen molar-refractivity contribution in [3.8, 4) is 0 Å². The lowest BCUT2D eigenvalue weighted by Gasteiger charge is -2.15. The Morgan fingerprint density at radius 2 is 2.00 bits per heavy atom. The number of rotatable bonds is 6. The molecule has 0 aliphatic rings. The van der Waals surface area contributed by atoms with E-state index in [-0.39, 0.29) is 6.61 Å². The summed E-state index contributed by atoms with van der Waals surface area (Å²) in [6.45, 7) is 3.32. The molecule has 1 N–H and O–H groups in total. The third-order valence-corrected chi connectivity index (χ3v) is 4.26. The molecule has 1 aromatic carbocycles. The molecule has 1 aromatic heterocycles. The van der Waals surface area contributed by atoms with Gasteiger partial charge in [-0.3, -0.25) is 0 Å². The predicted molar refractivity (Wildman–Crippen MR) is 82.0 cm³/mol. The lowest BCUT2D eigenvalue weighted by atomic mass is 10.1. The lowest BCUT2D eigenvalue weighted by molar-refractivity contribution is 0.179. The zero-order chi connectivity index (χ0) is 14.5. The van der Waals surface area contributed by atoms with E-state index in [1.807, 2.05) is 7.05 Å². The van der Waals surface area contributed by atoms with Crippen molar-refractivity contribution in [3.63, 3.8) is 0 Å². The molecule has 0 fully saturated rings. The van der Waals surface area contributed by atoms with Crippen LogP contribution < -0.4 is 4.90 Å². The minimum atomic E-state index is 0.00866. The van der Waals surface area contributed by atoms with Gasteiger partial charge >= 0.3 is 0 Å². The van der Waals surface area contributed by atoms with Crippen molar-refractivity contribution in [1.29, 1.82) is 0 Å². The lowest BCUT2D eigenvalue weighted by Crippen LogP contribution is -2.16. The number of methoxy groups -OCH3 is 1. The molecule has 0 amide bonds. The average Bonchev–Trinajstić information content (AvgIpc) is 2.85. The summed E-state index contributed by atoms with van der Waals surface area (Å²) < 4.78 is 5.11. The molecule has 0 radical (unpaired) electrons. The first-order valence-electron chi connectivity index (χ1n) is 6.49. The minimum Gasteiger partial charge on any atom is -0.391 e. The molecular weight excluding hydrogens is 272 g/mol. The van der Waals surface area contributed by atoms with Gasteiger partial charge in [0, 0.05) is 20.7 Å². The second kappa shape index (κ2) is 6.83. The van der Waals surface area contributed by atoms with Crippen LogP contribution in [0, 0.1) is 6.92 Å². The summed E-state index contributed by atoms with van der Waals surface area (Å²) in [7, 11) is 3.65. The van der Waals surface area contributed by atoms with E-state index in [0.29, 0.717) is 6.61 Å². The minimum absolute atomic E-state index is 0.00866. The predicted octanol–water partition coefficient (Wildman–Crippen LogP) is 2.73. The van der Waals surface area contributed by atoms with E-state index in [2.05, 4.69) is 41.1 Å². The molecule has 4 nitrogen and oxygen atoms in total. The Kier molecular flexibility index (Phi) is 5.11. The fourth-order valence-corrected chi connectivity index (χ4v) is 2.82. The number of aliphatic hydroxyl groups excluding tert-OH is 1. The maximum absolute atomic E-state index is 9.36. The maximum Gasteiger partial charge on any atom is 0.185 e. The molecule has 2 rings (SSSR count). The first-order valence-corrected chi connectivity index (χ1v) is 7.30. The first kappa shape index (κ1) is 15.0. The zero-order valence-corrected chi connectivity index (χ0v) is 12.9. The monoisotopic (exact) mass is 292 g/mol. The SMILES string of the molecule is COCc1nc(N(C)Cc2ccc(C)cc2)sc1CO. The van der Waals surface area contributed by atoms with Crippen LogP contribution in [0.25, 0.3) is 0 Å². The molecule has 0 bridgehead atoms. The zero-order valence-electron chi connectivity index (χ0n) is 12.1. The van der Waals surface area contributed by atoms with Crippen molar-refractivity contribution < 1.29 is 9.84 Å². The van der Waals surface area contributed by atoms with Gasteiger partial charge in [0.1, 0.15) is 0 Å². The molecule has 0 unspecified atom stereocenters. The Morgan fingerprint density at radius 1 is 1.30 bits per heavy atom. The van der Waals surface area contributed by atoms with Crippen molar-refractivity contribution in [2.75, 3.05) is 19.1 Å². The number of nitrogens with zero attached hydrogens (tertiary/aromatic N) is 2. The quantitative estimate of drug-likeness (QED) is 0.889. The van der Waals surface area contributed by atoms with Crippen molar-refractivity contribution in [3.05, 3.63) is 46.0 Å². The molecule has 1 heterocycles. The Hall–Kier alpha value is -1.43. The Bertz CT molecular complexity index is 552. The largest absolute Gasteiger partial charge is 0.391 e. The molecule has 0 saturated carbocycles. The summed E-state index contributed by atoms with van der Waals surface area (Å²) in [6, 6.07) is 8.48. The maximum atomic E-state index is 9.36. The highest BCUT2D eigenvalue weighted by atomic mass is 32.1. The summed E-state index contributed by atoms with van der Waals surface area (Å²) in [6.07, 6.45) is 0. The Labute approximate surface area is 123 Å². The van der Waals surface area contributed by atoms with Crippen LogP contribution in [0.1, 0.15) is 21.7 Å². The normalized spacial score (nSPS) is 10.8. The molecule has 0 aliphatic carbocycles. The van der Waals surface area contributed by atoms with Crippen molar-refractivity contribution in [1.82, 2.24) is 4.98 Å². The van der Waals surface area contributed by atoms with Gasteiger partial charge in [-0.1, -0.05) is 41.2 Å². The van der Waals surface area contributed by atoms with Gasteiger partial charge in [-0.2, -0.15) is 0 Å². The van der Waals surface area contributed by atoms with Crippen LogP contribution in [0.3, 0.4) is 0 Å². The van der Waals surface area contributed by atoms with E-state index in [9.17, 15) is 5.11 Å². The van der Waals surface area contributed by atoms with Crippen LogP contribution in [-0.2, 0) is 24.5 Å². The number of ether oxygens (including phenoxy) is 1. The van der Waals surface area contributed by atoms with Crippen LogP contribution in [-0.4, -0.2) is 24.2 Å². The Balaban J connectivity index is 2.12. The third-order valence-electron chi connectivity index (χ3n) is 3.06. The smallest absolute Gasteiger partial charge is 0.185 e. The summed E-state index contributed by atoms with van der Waals surface area (Å²) in [4.78, 5) is 7.51. The van der Waals surface area contributed by atoms with Gasteiger partial charge in [0.15, 0.2) is 5.13 Å². The van der Waals surface area contributed by atoms with E-state index >= 15 is 0 Å². The third kappa shape index (κ3) is 3.56. The molecule has 0 atom stereocenters. The van der Waals surface area contributed by atoms with Gasteiger partial charge in [-0.25, -0.2) is 4.98 Å². The second-order valence-electron chi connectivity index (χ2n) is 4.80. The topological polar surface area (TPSA) is 45.6 Å². The van der Waals surface area contributed by atoms with Crippen LogP contribution >= 0.6 is 11.3 Å². The molecule has 0 saturated heterocycles. The molecule has 0 aliphatic heterocycles. The standard InChI is InChI=1S/C15H20N2O2S/c1-11-4-6-12(7-5-11)8-17(2)15-16-13(10-19-3)14(9-18)20-15/h4-7,18H,8-10H2,1-3H3. The molecule has 5 heteroatoms. The average molecular weight is 292 g/mol. The van der Waals surface area contributed by atoms with Crippen molar-refractivity contribution >= 4 is 16.5 Å². The summed E-state index contributed by atoms with van der Waals surface area (Å²) in [5, 5.41) is 10.3. The van der Waals surface area contributed by atoms with Gasteiger partial charge in [0.05, 0.1) is 23.8 Å². The van der Waals surface area contributed by atoms with Gasteiger partial charge < -0.3 is 14.7 Å². The highest BCUT2D eigenvalue weighted by Gasteiger charge is 2.13. The molecule has 0 spiro atoms. The van der Waals surface area contributed by atoms with E-state index in [1.165, 1.54) is 22.5 Å². The highest BCUT2D eigenvalue weighted by Crippen LogP contribution is 2.27. The Morgan fingerprint density at radius 3 is 2.60 bits per heavy atom. The number of aromatic nitrogens is 1. The fraction of sp³-hybridized carbons (Fsp3) is 0.400. The number of hydrogen-bond acceptors (Lipinski definition) is 5. The molecule has 2 aromatic rings. The highest BCUT2D eigenvalue weighted by molar-refractivity contribution is 7.15. The van der Waals surface area contributed by atoms with Gasteiger partial charge in [0.2, 0.25) is 0 Å². The van der Waals surface area contributed by atoms with Crippen LogP contribution in [0.15, 0.2) is 24.3 Å².